The van der Waals surface area contributed by atoms with Crippen LogP contribution in [0.1, 0.15) is 0 Å². The maximum absolute atomic E-state index is 12.4. The van der Waals surface area contributed by atoms with Gasteiger partial charge in [-0.2, -0.15) is 18.2 Å². The molecule has 2 N–H and O–H groups in total. The highest BCUT2D eigenvalue weighted by atomic mass is 32.2. The molecule has 0 radical (unpaired) electrons. The van der Waals surface area contributed by atoms with E-state index in [0.717, 1.165) is 0 Å². The van der Waals surface area contributed by atoms with Crippen LogP contribution in [0.25, 0.3) is 0 Å². The van der Waals surface area contributed by atoms with Crippen LogP contribution in [0.4, 0.5) is 30.2 Å². The number of fused-ring (bicyclic) bond motifs is 2. The summed E-state index contributed by atoms with van der Waals surface area (Å²) in [6.07, 6.45) is -3.64. The van der Waals surface area contributed by atoms with E-state index in [1.807, 2.05) is 5.32 Å². The molecule has 23 heavy (non-hydrogen) atoms. The van der Waals surface area contributed by atoms with Gasteiger partial charge in [0.05, 0.1) is 18.5 Å². The number of benzene rings is 1. The molecule has 0 fully saturated rings. The number of amides is 1. The number of nitrogens with zero attached hydrogens (tertiary/aromatic N) is 2. The highest BCUT2D eigenvalue weighted by Gasteiger charge is 2.39. The Labute approximate surface area is 132 Å². The minimum atomic E-state index is -4.97. The van der Waals surface area contributed by atoms with Gasteiger partial charge in [0.2, 0.25) is 5.88 Å². The molecule has 10 heteroatoms. The molecule has 1 aliphatic heterocycles. The van der Waals surface area contributed by atoms with Gasteiger partial charge in [-0.05, 0) is 12.1 Å². The van der Waals surface area contributed by atoms with Crippen molar-refractivity contribution in [1.82, 2.24) is 9.97 Å². The SMILES string of the molecule is COc1ncnc2c1Nc1c(NC(=O)C(F)(F)F)cccc1S2. The lowest BCUT2D eigenvalue weighted by molar-refractivity contribution is -0.167. The lowest BCUT2D eigenvalue weighted by Crippen LogP contribution is -2.30. The Morgan fingerprint density at radius 1 is 1.30 bits per heavy atom. The molecule has 1 aromatic carbocycles. The molecule has 1 amide bonds. The van der Waals surface area contributed by atoms with E-state index in [1.165, 1.54) is 31.3 Å². The fourth-order valence-electron chi connectivity index (χ4n) is 1.97. The summed E-state index contributed by atoms with van der Waals surface area (Å²) in [5, 5.41) is 5.36. The van der Waals surface area contributed by atoms with Crippen LogP contribution in [0.15, 0.2) is 34.4 Å². The fourth-order valence-corrected chi connectivity index (χ4v) is 2.92. The summed E-state index contributed by atoms with van der Waals surface area (Å²) in [5.74, 6) is -1.79. The second-order valence-corrected chi connectivity index (χ2v) is 5.45. The third-order valence-corrected chi connectivity index (χ3v) is 4.02. The Morgan fingerprint density at radius 3 is 2.78 bits per heavy atom. The molecule has 0 saturated carbocycles. The Bertz CT molecular complexity index is 782. The lowest BCUT2D eigenvalue weighted by Gasteiger charge is -2.23. The zero-order valence-corrected chi connectivity index (χ0v) is 12.4. The van der Waals surface area contributed by atoms with Crippen LogP contribution in [0.5, 0.6) is 5.88 Å². The van der Waals surface area contributed by atoms with Crippen molar-refractivity contribution in [2.75, 3.05) is 17.7 Å². The van der Waals surface area contributed by atoms with Crippen molar-refractivity contribution >= 4 is 34.7 Å². The van der Waals surface area contributed by atoms with Crippen LogP contribution in [0.2, 0.25) is 0 Å². The maximum Gasteiger partial charge on any atom is 0.471 e. The number of methoxy groups -OCH3 is 1. The van der Waals surface area contributed by atoms with E-state index >= 15 is 0 Å². The first kappa shape index (κ1) is 15.4. The van der Waals surface area contributed by atoms with Gasteiger partial charge in [0.25, 0.3) is 0 Å². The molecule has 2 heterocycles. The molecule has 0 unspecified atom stereocenters. The molecule has 0 saturated heterocycles. The lowest BCUT2D eigenvalue weighted by atomic mass is 10.2. The van der Waals surface area contributed by atoms with Gasteiger partial charge < -0.3 is 15.4 Å². The number of anilines is 3. The molecular formula is C13H9F3N4O2S. The van der Waals surface area contributed by atoms with Gasteiger partial charge in [-0.25, -0.2) is 4.98 Å². The molecule has 3 rings (SSSR count). The number of para-hydroxylation sites is 1. The number of carbonyl (C=O) groups excluding carboxylic acids is 1. The van der Waals surface area contributed by atoms with Gasteiger partial charge in [-0.15, -0.1) is 0 Å². The minimum Gasteiger partial charge on any atom is -0.479 e. The number of aromatic nitrogens is 2. The van der Waals surface area contributed by atoms with Crippen molar-refractivity contribution < 1.29 is 22.7 Å². The van der Waals surface area contributed by atoms with Crippen LogP contribution in [0, 0.1) is 0 Å². The van der Waals surface area contributed by atoms with Gasteiger partial charge in [0.1, 0.15) is 17.0 Å². The van der Waals surface area contributed by atoms with Crippen LogP contribution >= 0.6 is 11.8 Å². The number of halogens is 3. The average Bonchev–Trinajstić information content (AvgIpc) is 2.51. The average molecular weight is 342 g/mol. The standard InChI is InChI=1S/C13H9F3N4O2S/c1-22-10-9-11(18-5-17-10)23-7-4-2-3-6(8(7)20-9)19-12(21)13(14,15)16/h2-5,20H,1H3,(H,19,21). The minimum absolute atomic E-state index is 0.00822. The second-order valence-electron chi connectivity index (χ2n) is 4.42. The molecule has 0 bridgehead atoms. The molecule has 0 spiro atoms. The van der Waals surface area contributed by atoms with E-state index in [2.05, 4.69) is 15.3 Å². The van der Waals surface area contributed by atoms with Crippen molar-refractivity contribution in [1.29, 1.82) is 0 Å². The monoisotopic (exact) mass is 342 g/mol. The topological polar surface area (TPSA) is 76.1 Å². The summed E-state index contributed by atoms with van der Waals surface area (Å²) >= 11 is 1.23. The van der Waals surface area contributed by atoms with Crippen molar-refractivity contribution in [3.63, 3.8) is 0 Å². The molecule has 1 aliphatic rings. The fraction of sp³-hybridized carbons (Fsp3) is 0.154. The van der Waals surface area contributed by atoms with E-state index < -0.39 is 12.1 Å². The van der Waals surface area contributed by atoms with E-state index in [1.54, 1.807) is 12.1 Å². The Kier molecular flexibility index (Phi) is 3.76. The number of hydrogen-bond donors (Lipinski definition) is 2. The summed E-state index contributed by atoms with van der Waals surface area (Å²) < 4.78 is 42.4. The molecule has 1 aromatic heterocycles. The van der Waals surface area contributed by atoms with Crippen molar-refractivity contribution in [3.05, 3.63) is 24.5 Å². The van der Waals surface area contributed by atoms with Gasteiger partial charge in [0.15, 0.2) is 0 Å². The summed E-state index contributed by atoms with van der Waals surface area (Å²) in [6, 6.07) is 4.62. The predicted molar refractivity (Wildman–Crippen MR) is 77.1 cm³/mol. The molecule has 6 nitrogen and oxygen atoms in total. The van der Waals surface area contributed by atoms with E-state index in [9.17, 15) is 18.0 Å². The number of ether oxygens (including phenoxy) is 1. The summed E-state index contributed by atoms with van der Waals surface area (Å²) in [5.41, 5.74) is 0.769. The molecule has 120 valence electrons. The van der Waals surface area contributed by atoms with E-state index in [-0.39, 0.29) is 11.6 Å². The zero-order valence-electron chi connectivity index (χ0n) is 11.6. The van der Waals surface area contributed by atoms with Gasteiger partial charge in [-0.1, -0.05) is 17.8 Å². The first-order chi connectivity index (χ1) is 10.9. The van der Waals surface area contributed by atoms with Crippen molar-refractivity contribution in [3.8, 4) is 5.88 Å². The third kappa shape index (κ3) is 2.89. The van der Waals surface area contributed by atoms with Gasteiger partial charge in [-0.3, -0.25) is 4.79 Å². The zero-order chi connectivity index (χ0) is 16.6. The number of nitrogens with one attached hydrogen (secondary N) is 2. The van der Waals surface area contributed by atoms with Gasteiger partial charge >= 0.3 is 12.1 Å². The predicted octanol–water partition coefficient (Wildman–Crippen LogP) is 3.19. The highest BCUT2D eigenvalue weighted by molar-refractivity contribution is 7.99. The molecule has 0 atom stereocenters. The quantitative estimate of drug-likeness (QED) is 0.697. The van der Waals surface area contributed by atoms with E-state index in [0.29, 0.717) is 21.3 Å². The Balaban J connectivity index is 1.99. The Morgan fingerprint density at radius 2 is 2.09 bits per heavy atom. The molecule has 2 aromatic rings. The smallest absolute Gasteiger partial charge is 0.471 e. The molecular weight excluding hydrogens is 333 g/mol. The Hall–Kier alpha value is -2.49. The molecule has 0 aliphatic carbocycles. The van der Waals surface area contributed by atoms with E-state index in [4.69, 9.17) is 4.74 Å². The largest absolute Gasteiger partial charge is 0.479 e. The first-order valence-corrected chi connectivity index (χ1v) is 7.07. The number of hydrogen-bond acceptors (Lipinski definition) is 6. The van der Waals surface area contributed by atoms with Gasteiger partial charge in [0, 0.05) is 4.90 Å². The summed E-state index contributed by atoms with van der Waals surface area (Å²) in [6.45, 7) is 0. The normalized spacial score (nSPS) is 12.7. The second kappa shape index (κ2) is 5.61. The number of alkyl halides is 3. The maximum atomic E-state index is 12.4. The number of rotatable bonds is 2. The summed E-state index contributed by atoms with van der Waals surface area (Å²) in [4.78, 5) is 19.8. The van der Waals surface area contributed by atoms with Crippen molar-refractivity contribution in [2.24, 2.45) is 0 Å². The summed E-state index contributed by atoms with van der Waals surface area (Å²) in [7, 11) is 1.42. The van der Waals surface area contributed by atoms with Crippen LogP contribution < -0.4 is 15.4 Å². The first-order valence-electron chi connectivity index (χ1n) is 6.25. The van der Waals surface area contributed by atoms with Crippen LogP contribution in [-0.2, 0) is 4.79 Å². The van der Waals surface area contributed by atoms with Crippen LogP contribution in [-0.4, -0.2) is 29.2 Å². The third-order valence-electron chi connectivity index (χ3n) is 2.96. The van der Waals surface area contributed by atoms with Crippen molar-refractivity contribution in [2.45, 2.75) is 16.1 Å². The van der Waals surface area contributed by atoms with Crippen LogP contribution in [0.3, 0.4) is 0 Å². The highest BCUT2D eigenvalue weighted by Crippen LogP contribution is 2.48. The number of carbonyl (C=O) groups is 1.